The average Bonchev–Trinajstić information content (AvgIpc) is 3.23. The van der Waals surface area contributed by atoms with E-state index >= 15 is 0 Å². The normalized spacial score (nSPS) is 10.3. The Morgan fingerprint density at radius 1 is 0.794 bits per heavy atom. The Morgan fingerprint density at radius 2 is 1.50 bits per heavy atom. The summed E-state index contributed by atoms with van der Waals surface area (Å²) >= 11 is 5.52. The van der Waals surface area contributed by atoms with E-state index < -0.39 is 0 Å². The summed E-state index contributed by atoms with van der Waals surface area (Å²) in [5.74, 6) is 0.914. The molecule has 0 aliphatic heterocycles. The molecule has 0 radical (unpaired) electrons. The van der Waals surface area contributed by atoms with Crippen molar-refractivity contribution < 1.29 is 4.79 Å². The molecule has 3 aromatic heterocycles. The molecular weight excluding hydrogens is 450 g/mol. The van der Waals surface area contributed by atoms with Gasteiger partial charge in [-0.1, -0.05) is 29.8 Å². The summed E-state index contributed by atoms with van der Waals surface area (Å²) in [5, 5.41) is 7.75. The van der Waals surface area contributed by atoms with Gasteiger partial charge in [-0.2, -0.15) is 0 Å². The van der Waals surface area contributed by atoms with Crippen molar-refractivity contribution in [3.63, 3.8) is 0 Å². The zero-order valence-corrected chi connectivity index (χ0v) is 18.8. The fourth-order valence-corrected chi connectivity index (χ4v) is 3.38. The summed E-state index contributed by atoms with van der Waals surface area (Å²) in [7, 11) is 0. The first-order chi connectivity index (χ1) is 16.5. The SMILES string of the molecule is Nc1cc(Cl)ccn1.Nc1cc(Nc2ccc3c(ccn3C(=O)Nc3ccccc3)c2)ccn1. The number of nitrogen functional groups attached to an aromatic ring is 2. The number of halogens is 1. The number of aromatic nitrogens is 3. The Bertz CT molecular complexity index is 1400. The number of anilines is 5. The van der Waals surface area contributed by atoms with Gasteiger partial charge in [-0.05, 0) is 54.6 Å². The number of fused-ring (bicyclic) bond motifs is 1. The summed E-state index contributed by atoms with van der Waals surface area (Å²) in [6.07, 6.45) is 4.98. The number of carbonyl (C=O) groups is 1. The molecule has 5 aromatic rings. The average molecular weight is 472 g/mol. The van der Waals surface area contributed by atoms with Gasteiger partial charge in [-0.15, -0.1) is 0 Å². The van der Waals surface area contributed by atoms with Crippen LogP contribution in [-0.4, -0.2) is 20.6 Å². The van der Waals surface area contributed by atoms with Gasteiger partial charge < -0.3 is 22.1 Å². The third-order valence-electron chi connectivity index (χ3n) is 4.75. The van der Waals surface area contributed by atoms with Crippen molar-refractivity contribution >= 4 is 57.2 Å². The summed E-state index contributed by atoms with van der Waals surface area (Å²) in [6.45, 7) is 0. The molecule has 0 bridgehead atoms. The number of hydrogen-bond acceptors (Lipinski definition) is 6. The van der Waals surface area contributed by atoms with E-state index in [9.17, 15) is 4.79 Å². The number of benzene rings is 2. The Balaban J connectivity index is 0.000000291. The van der Waals surface area contributed by atoms with E-state index in [4.69, 9.17) is 23.1 Å². The lowest BCUT2D eigenvalue weighted by Crippen LogP contribution is -2.18. The molecule has 0 aliphatic rings. The molecule has 3 heterocycles. The molecule has 0 aliphatic carbocycles. The predicted octanol–water partition coefficient (Wildman–Crippen LogP) is 5.76. The second kappa shape index (κ2) is 10.4. The molecule has 2 aromatic carbocycles. The highest BCUT2D eigenvalue weighted by atomic mass is 35.5. The molecule has 0 atom stereocenters. The van der Waals surface area contributed by atoms with Crippen LogP contribution in [0.1, 0.15) is 0 Å². The summed E-state index contributed by atoms with van der Waals surface area (Å²) < 4.78 is 1.59. The van der Waals surface area contributed by atoms with E-state index in [1.807, 2.05) is 60.7 Å². The molecular formula is C25H22ClN7O. The van der Waals surface area contributed by atoms with Crippen LogP contribution in [0.5, 0.6) is 0 Å². The van der Waals surface area contributed by atoms with Crippen molar-refractivity contribution in [2.24, 2.45) is 0 Å². The van der Waals surface area contributed by atoms with Gasteiger partial charge in [0.05, 0.1) is 5.52 Å². The highest BCUT2D eigenvalue weighted by molar-refractivity contribution is 6.30. The van der Waals surface area contributed by atoms with Gasteiger partial charge in [0.2, 0.25) is 0 Å². The third-order valence-corrected chi connectivity index (χ3v) is 4.98. The third kappa shape index (κ3) is 5.81. The van der Waals surface area contributed by atoms with Gasteiger partial charge in [-0.3, -0.25) is 4.57 Å². The second-order valence-corrected chi connectivity index (χ2v) is 7.69. The van der Waals surface area contributed by atoms with Crippen LogP contribution < -0.4 is 22.1 Å². The van der Waals surface area contributed by atoms with Crippen molar-refractivity contribution in [3.8, 4) is 0 Å². The fourth-order valence-electron chi connectivity index (χ4n) is 3.22. The molecule has 9 heteroatoms. The van der Waals surface area contributed by atoms with Crippen LogP contribution in [0.3, 0.4) is 0 Å². The first-order valence-corrected chi connectivity index (χ1v) is 10.7. The van der Waals surface area contributed by atoms with E-state index in [2.05, 4.69) is 20.6 Å². The Kier molecular flexibility index (Phi) is 6.90. The molecule has 170 valence electrons. The van der Waals surface area contributed by atoms with E-state index in [-0.39, 0.29) is 6.03 Å². The minimum absolute atomic E-state index is 0.200. The van der Waals surface area contributed by atoms with Crippen LogP contribution in [0.15, 0.2) is 97.5 Å². The van der Waals surface area contributed by atoms with Crippen LogP contribution in [0.4, 0.5) is 33.5 Å². The van der Waals surface area contributed by atoms with Gasteiger partial charge in [0.1, 0.15) is 11.6 Å². The Labute approximate surface area is 201 Å². The molecule has 0 spiro atoms. The molecule has 0 saturated heterocycles. The van der Waals surface area contributed by atoms with Crippen LogP contribution in [0.25, 0.3) is 10.9 Å². The molecule has 1 amide bonds. The van der Waals surface area contributed by atoms with Crippen LogP contribution >= 0.6 is 11.6 Å². The number of nitrogens with one attached hydrogen (secondary N) is 2. The minimum atomic E-state index is -0.200. The first kappa shape index (κ1) is 22.6. The highest BCUT2D eigenvalue weighted by Crippen LogP contribution is 2.24. The maximum Gasteiger partial charge on any atom is 0.330 e. The zero-order valence-electron chi connectivity index (χ0n) is 18.0. The molecule has 6 N–H and O–H groups in total. The standard InChI is InChI=1S/C20H17N5O.C5H5ClN2/c21-19-13-17(8-10-22-19)23-16-6-7-18-14(12-16)9-11-25(18)20(26)24-15-4-2-1-3-5-15;6-4-1-2-8-5(7)3-4/h1-13H,(H,24,26)(H3,21,22,23);1-3H,(H2,7,8). The topological polar surface area (TPSA) is 124 Å². The van der Waals surface area contributed by atoms with Gasteiger partial charge in [-0.25, -0.2) is 14.8 Å². The van der Waals surface area contributed by atoms with Crippen LogP contribution in [0, 0.1) is 0 Å². The maximum atomic E-state index is 12.5. The van der Waals surface area contributed by atoms with Gasteiger partial charge in [0.25, 0.3) is 0 Å². The van der Waals surface area contributed by atoms with E-state index in [1.54, 1.807) is 41.4 Å². The number of rotatable bonds is 3. The minimum Gasteiger partial charge on any atom is -0.384 e. The molecule has 0 fully saturated rings. The number of pyridine rings is 2. The number of nitrogens with zero attached hydrogens (tertiary/aromatic N) is 3. The molecule has 0 unspecified atom stereocenters. The number of carbonyl (C=O) groups excluding carboxylic acids is 1. The number of hydrogen-bond donors (Lipinski definition) is 4. The lowest BCUT2D eigenvalue weighted by molar-refractivity contribution is 0.254. The molecule has 5 rings (SSSR count). The smallest absolute Gasteiger partial charge is 0.330 e. The number of nitrogens with two attached hydrogens (primary N) is 2. The molecule has 0 saturated carbocycles. The van der Waals surface area contributed by atoms with E-state index in [0.29, 0.717) is 16.7 Å². The lowest BCUT2D eigenvalue weighted by atomic mass is 10.2. The maximum absolute atomic E-state index is 12.5. The van der Waals surface area contributed by atoms with Crippen molar-refractivity contribution in [1.29, 1.82) is 0 Å². The molecule has 34 heavy (non-hydrogen) atoms. The van der Waals surface area contributed by atoms with Gasteiger partial charge >= 0.3 is 6.03 Å². The quantitative estimate of drug-likeness (QED) is 0.265. The van der Waals surface area contributed by atoms with Crippen molar-refractivity contribution in [3.05, 3.63) is 102 Å². The molecule has 8 nitrogen and oxygen atoms in total. The monoisotopic (exact) mass is 471 g/mol. The van der Waals surface area contributed by atoms with E-state index in [1.165, 1.54) is 0 Å². The highest BCUT2D eigenvalue weighted by Gasteiger charge is 2.09. The van der Waals surface area contributed by atoms with Crippen molar-refractivity contribution in [2.45, 2.75) is 0 Å². The van der Waals surface area contributed by atoms with Crippen molar-refractivity contribution in [2.75, 3.05) is 22.1 Å². The van der Waals surface area contributed by atoms with Crippen molar-refractivity contribution in [1.82, 2.24) is 14.5 Å². The Morgan fingerprint density at radius 3 is 2.18 bits per heavy atom. The van der Waals surface area contributed by atoms with Gasteiger partial charge in [0, 0.05) is 52.1 Å². The number of para-hydroxylation sites is 1. The summed E-state index contributed by atoms with van der Waals surface area (Å²) in [6, 6.07) is 23.8. The largest absolute Gasteiger partial charge is 0.384 e. The first-order valence-electron chi connectivity index (χ1n) is 10.3. The summed E-state index contributed by atoms with van der Waals surface area (Å²) in [4.78, 5) is 20.2. The van der Waals surface area contributed by atoms with Crippen LogP contribution in [-0.2, 0) is 0 Å². The zero-order chi connectivity index (χ0) is 23.9. The van der Waals surface area contributed by atoms with Crippen LogP contribution in [0.2, 0.25) is 5.02 Å². The van der Waals surface area contributed by atoms with Gasteiger partial charge in [0.15, 0.2) is 0 Å². The fraction of sp³-hybridized carbons (Fsp3) is 0. The number of amides is 1. The summed E-state index contributed by atoms with van der Waals surface area (Å²) in [5.41, 5.74) is 14.3. The lowest BCUT2D eigenvalue weighted by Gasteiger charge is -2.09. The predicted molar refractivity (Wildman–Crippen MR) is 138 cm³/mol. The van der Waals surface area contributed by atoms with E-state index in [0.717, 1.165) is 28.0 Å². The Hall–Kier alpha value is -4.56. The second-order valence-electron chi connectivity index (χ2n) is 7.25.